The molecule has 4 nitrogen and oxygen atoms in total. The Morgan fingerprint density at radius 2 is 2.50 bits per heavy atom. The van der Waals surface area contributed by atoms with Crippen LogP contribution >= 0.6 is 11.8 Å². The van der Waals surface area contributed by atoms with Crippen molar-refractivity contribution in [1.82, 2.24) is 5.32 Å². The first-order chi connectivity index (χ1) is 5.46. The van der Waals surface area contributed by atoms with Gasteiger partial charge in [-0.15, -0.1) is 0 Å². The predicted octanol–water partition coefficient (Wildman–Crippen LogP) is 0.312. The van der Waals surface area contributed by atoms with Crippen LogP contribution in [-0.4, -0.2) is 22.0 Å². The van der Waals surface area contributed by atoms with Crippen LogP contribution in [0, 0.1) is 0 Å². The molecule has 0 radical (unpaired) electrons. The zero-order valence-corrected chi connectivity index (χ0v) is 7.81. The van der Waals surface area contributed by atoms with Crippen molar-refractivity contribution in [3.05, 3.63) is 11.1 Å². The number of aliphatic carboxylic acids is 1. The molecule has 0 amide bonds. The Bertz CT molecular complexity index is 240. The fraction of sp³-hybridized carbons (Fsp3) is 0.571. The van der Waals surface area contributed by atoms with E-state index < -0.39 is 5.97 Å². The smallest absolute Gasteiger partial charge is 0.343 e. The number of thioether (sulfide) groups is 1. The van der Waals surface area contributed by atoms with Crippen molar-refractivity contribution < 1.29 is 9.90 Å². The summed E-state index contributed by atoms with van der Waals surface area (Å²) in [4.78, 5) is 10.5. The average Bonchev–Trinajstić information content (AvgIpc) is 2.33. The van der Waals surface area contributed by atoms with Gasteiger partial charge < -0.3 is 16.2 Å². The number of hydrogen-bond acceptors (Lipinski definition) is 4. The van der Waals surface area contributed by atoms with E-state index >= 15 is 0 Å². The van der Waals surface area contributed by atoms with Crippen LogP contribution in [0.1, 0.15) is 13.8 Å². The normalized spacial score (nSPS) is 30.8. The van der Waals surface area contributed by atoms with Crippen molar-refractivity contribution in [3.63, 3.8) is 0 Å². The van der Waals surface area contributed by atoms with E-state index in [1.807, 2.05) is 13.8 Å². The van der Waals surface area contributed by atoms with Crippen LogP contribution in [0.4, 0.5) is 0 Å². The summed E-state index contributed by atoms with van der Waals surface area (Å²) in [6, 6.07) is -0.101. The van der Waals surface area contributed by atoms with Gasteiger partial charge in [-0.2, -0.15) is 0 Å². The zero-order chi connectivity index (χ0) is 9.35. The van der Waals surface area contributed by atoms with E-state index in [1.54, 1.807) is 0 Å². The number of nitrogens with two attached hydrogens (primary N) is 1. The molecule has 0 aromatic rings. The third-order valence-electron chi connectivity index (χ3n) is 1.89. The average molecular weight is 188 g/mol. The fourth-order valence-corrected chi connectivity index (χ4v) is 1.79. The molecule has 0 aromatic carbocycles. The number of hydrogen-bond donors (Lipinski definition) is 3. The first-order valence-corrected chi connectivity index (χ1v) is 4.43. The molecule has 4 N–H and O–H groups in total. The number of nitrogens with one attached hydrogen (secondary N) is 1. The number of carboxylic acid groups (broad SMARTS) is 1. The summed E-state index contributed by atoms with van der Waals surface area (Å²) in [5.41, 5.74) is 5.68. The maximum Gasteiger partial charge on any atom is 0.343 e. The molecule has 12 heavy (non-hydrogen) atoms. The molecule has 1 aliphatic heterocycles. The topological polar surface area (TPSA) is 75.3 Å². The highest BCUT2D eigenvalue weighted by atomic mass is 32.2. The Morgan fingerprint density at radius 3 is 2.75 bits per heavy atom. The minimum atomic E-state index is -0.906. The van der Waals surface area contributed by atoms with Gasteiger partial charge in [0.1, 0.15) is 4.91 Å². The molecule has 0 spiro atoms. The molecule has 1 aliphatic rings. The van der Waals surface area contributed by atoms with E-state index in [2.05, 4.69) is 5.32 Å². The second-order valence-corrected chi connectivity index (χ2v) is 4.45. The number of carbonyl (C=O) groups is 1. The molecule has 2 atom stereocenters. The van der Waals surface area contributed by atoms with Crippen molar-refractivity contribution in [2.75, 3.05) is 0 Å². The highest BCUT2D eigenvalue weighted by Gasteiger charge is 2.36. The molecule has 5 heteroatoms. The lowest BCUT2D eigenvalue weighted by molar-refractivity contribution is -0.131. The molecule has 0 fully saturated rings. The molecule has 1 unspecified atom stereocenters. The van der Waals surface area contributed by atoms with Crippen LogP contribution in [0.5, 0.6) is 0 Å². The molecule has 68 valence electrons. The zero-order valence-electron chi connectivity index (χ0n) is 7.00. The monoisotopic (exact) mass is 188 g/mol. The van der Waals surface area contributed by atoms with Crippen LogP contribution in [0.2, 0.25) is 0 Å². The minimum Gasteiger partial charge on any atom is -0.477 e. The first-order valence-electron chi connectivity index (χ1n) is 3.61. The van der Waals surface area contributed by atoms with Crippen molar-refractivity contribution in [2.24, 2.45) is 5.73 Å². The van der Waals surface area contributed by atoms with E-state index in [0.29, 0.717) is 4.91 Å². The molecule has 0 aromatic heterocycles. The van der Waals surface area contributed by atoms with E-state index in [4.69, 9.17) is 10.8 Å². The highest BCUT2D eigenvalue weighted by Crippen LogP contribution is 2.36. The van der Waals surface area contributed by atoms with Gasteiger partial charge in [-0.25, -0.2) is 4.79 Å². The van der Waals surface area contributed by atoms with Gasteiger partial charge in [0.05, 0.1) is 4.87 Å². The molecule has 0 aliphatic carbocycles. The standard InChI is InChI=1S/C7H12N2O2S/c1-4(8)7(2)9-3-5(12-7)6(10)11/h3-4,9H,8H2,1-2H3,(H,10,11)/t4?,7-/m1/s1. The Labute approximate surface area is 75.2 Å². The van der Waals surface area contributed by atoms with Crippen molar-refractivity contribution in [1.29, 1.82) is 0 Å². The van der Waals surface area contributed by atoms with Crippen molar-refractivity contribution >= 4 is 17.7 Å². The van der Waals surface area contributed by atoms with Gasteiger partial charge >= 0.3 is 5.97 Å². The summed E-state index contributed by atoms with van der Waals surface area (Å²) in [5.74, 6) is -0.906. The maximum absolute atomic E-state index is 10.5. The molecule has 0 bridgehead atoms. The SMILES string of the molecule is CC(N)[C@]1(C)NC=C(C(=O)O)S1. The summed E-state index contributed by atoms with van der Waals surface area (Å²) in [7, 11) is 0. The Morgan fingerprint density at radius 1 is 1.92 bits per heavy atom. The second-order valence-electron chi connectivity index (χ2n) is 2.96. The van der Waals surface area contributed by atoms with Crippen molar-refractivity contribution in [3.8, 4) is 0 Å². The second kappa shape index (κ2) is 2.99. The minimum absolute atomic E-state index is 0.101. The van der Waals surface area contributed by atoms with E-state index in [-0.39, 0.29) is 10.9 Å². The number of carboxylic acids is 1. The van der Waals surface area contributed by atoms with Gasteiger partial charge in [-0.05, 0) is 13.8 Å². The summed E-state index contributed by atoms with van der Waals surface area (Å²) in [6.45, 7) is 3.73. The van der Waals surface area contributed by atoms with Gasteiger partial charge in [0, 0.05) is 12.2 Å². The van der Waals surface area contributed by atoms with Gasteiger partial charge in [-0.3, -0.25) is 0 Å². The van der Waals surface area contributed by atoms with Crippen LogP contribution in [-0.2, 0) is 4.79 Å². The van der Waals surface area contributed by atoms with Crippen LogP contribution in [0.3, 0.4) is 0 Å². The summed E-state index contributed by atoms with van der Waals surface area (Å²) in [6.07, 6.45) is 1.50. The fourth-order valence-electron chi connectivity index (χ4n) is 0.826. The predicted molar refractivity (Wildman–Crippen MR) is 48.5 cm³/mol. The van der Waals surface area contributed by atoms with Gasteiger partial charge in [0.2, 0.25) is 0 Å². The van der Waals surface area contributed by atoms with Crippen molar-refractivity contribution in [2.45, 2.75) is 24.8 Å². The Kier molecular flexibility index (Phi) is 2.34. The van der Waals surface area contributed by atoms with Gasteiger partial charge in [0.15, 0.2) is 0 Å². The van der Waals surface area contributed by atoms with Crippen LogP contribution in [0.15, 0.2) is 11.1 Å². The van der Waals surface area contributed by atoms with E-state index in [0.717, 1.165) is 0 Å². The largest absolute Gasteiger partial charge is 0.477 e. The number of rotatable bonds is 2. The molecule has 1 heterocycles. The van der Waals surface area contributed by atoms with Crippen LogP contribution < -0.4 is 11.1 Å². The summed E-state index contributed by atoms with van der Waals surface area (Å²) < 4.78 is 0. The summed E-state index contributed by atoms with van der Waals surface area (Å²) in [5, 5.41) is 11.6. The summed E-state index contributed by atoms with van der Waals surface area (Å²) >= 11 is 1.25. The highest BCUT2D eigenvalue weighted by molar-refractivity contribution is 8.05. The van der Waals surface area contributed by atoms with Gasteiger partial charge in [-0.1, -0.05) is 11.8 Å². The van der Waals surface area contributed by atoms with E-state index in [1.165, 1.54) is 18.0 Å². The maximum atomic E-state index is 10.5. The van der Waals surface area contributed by atoms with Crippen LogP contribution in [0.25, 0.3) is 0 Å². The third kappa shape index (κ3) is 1.56. The molecular weight excluding hydrogens is 176 g/mol. The molecular formula is C7H12N2O2S. The third-order valence-corrected chi connectivity index (χ3v) is 3.32. The lowest BCUT2D eigenvalue weighted by atomic mass is 10.2. The molecule has 0 saturated carbocycles. The Balaban J connectivity index is 2.68. The molecule has 1 rings (SSSR count). The lowest BCUT2D eigenvalue weighted by Gasteiger charge is -2.28. The van der Waals surface area contributed by atoms with Gasteiger partial charge in [0.25, 0.3) is 0 Å². The molecule has 0 saturated heterocycles. The first kappa shape index (κ1) is 9.41. The van der Waals surface area contributed by atoms with E-state index in [9.17, 15) is 4.79 Å². The Hall–Kier alpha value is -0.680. The quantitative estimate of drug-likeness (QED) is 0.581. The lowest BCUT2D eigenvalue weighted by Crippen LogP contribution is -2.47.